The quantitative estimate of drug-likeness (QED) is 0.191. The highest BCUT2D eigenvalue weighted by molar-refractivity contribution is 14.1. The van der Waals surface area contributed by atoms with E-state index in [1.165, 1.54) is 0 Å². The molecule has 0 atom stereocenters. The first-order valence-corrected chi connectivity index (χ1v) is 11.7. The molecule has 0 spiro atoms. The lowest BCUT2D eigenvalue weighted by Gasteiger charge is -2.03. The second-order valence-electron chi connectivity index (χ2n) is 7.02. The molecule has 0 aliphatic rings. The van der Waals surface area contributed by atoms with Gasteiger partial charge in [0, 0.05) is 26.5 Å². The van der Waals surface area contributed by atoms with Gasteiger partial charge in [-0.05, 0) is 64.6 Å². The summed E-state index contributed by atoms with van der Waals surface area (Å²) in [6, 6.07) is 30.1. The zero-order valence-corrected chi connectivity index (χ0v) is 19.3. The molecule has 1 aromatic heterocycles. The average molecular weight is 532 g/mol. The number of phenols is 1. The molecule has 5 aromatic rings. The summed E-state index contributed by atoms with van der Waals surface area (Å²) in [7, 11) is 0. The minimum atomic E-state index is 0.217. The van der Waals surface area contributed by atoms with Crippen LogP contribution in [0.5, 0.6) is 5.75 Å². The van der Waals surface area contributed by atoms with E-state index >= 15 is 0 Å². The number of nitrogens with zero attached hydrogens (tertiary/aromatic N) is 2. The van der Waals surface area contributed by atoms with Crippen molar-refractivity contribution in [3.8, 4) is 27.4 Å². The molecule has 3 nitrogen and oxygen atoms in total. The van der Waals surface area contributed by atoms with Crippen molar-refractivity contribution in [2.75, 3.05) is 0 Å². The van der Waals surface area contributed by atoms with E-state index in [1.54, 1.807) is 23.6 Å². The van der Waals surface area contributed by atoms with Gasteiger partial charge < -0.3 is 5.11 Å². The molecule has 0 aliphatic carbocycles. The first kappa shape index (κ1) is 19.9. The number of para-hydroxylation sites is 2. The van der Waals surface area contributed by atoms with E-state index in [0.717, 1.165) is 41.2 Å². The number of fused-ring (bicyclic) bond motifs is 1. The summed E-state index contributed by atoms with van der Waals surface area (Å²) in [5.74, 6) is 0.217. The van der Waals surface area contributed by atoms with E-state index in [-0.39, 0.29) is 5.75 Å². The monoisotopic (exact) mass is 532 g/mol. The van der Waals surface area contributed by atoms with Crippen LogP contribution in [-0.4, -0.2) is 16.3 Å². The van der Waals surface area contributed by atoms with Crippen LogP contribution in [0.2, 0.25) is 0 Å². The van der Waals surface area contributed by atoms with Crippen molar-refractivity contribution >= 4 is 56.0 Å². The lowest BCUT2D eigenvalue weighted by Crippen LogP contribution is -1.85. The van der Waals surface area contributed by atoms with Crippen molar-refractivity contribution in [3.05, 3.63) is 100 Å². The maximum Gasteiger partial charge on any atom is 0.126 e. The van der Waals surface area contributed by atoms with Crippen molar-refractivity contribution in [2.24, 2.45) is 4.99 Å². The molecular weight excluding hydrogens is 515 g/mol. The summed E-state index contributed by atoms with van der Waals surface area (Å²) in [6.45, 7) is 0. The maximum atomic E-state index is 10.1. The van der Waals surface area contributed by atoms with Crippen LogP contribution in [0.15, 0.2) is 96.0 Å². The van der Waals surface area contributed by atoms with Crippen molar-refractivity contribution < 1.29 is 5.11 Å². The molecule has 4 aromatic carbocycles. The third-order valence-electron chi connectivity index (χ3n) is 4.97. The number of benzene rings is 4. The predicted octanol–water partition coefficient (Wildman–Crippen LogP) is 7.69. The van der Waals surface area contributed by atoms with Crippen LogP contribution in [0.25, 0.3) is 31.9 Å². The smallest absolute Gasteiger partial charge is 0.126 e. The molecule has 31 heavy (non-hydrogen) atoms. The highest BCUT2D eigenvalue weighted by Gasteiger charge is 2.13. The van der Waals surface area contributed by atoms with E-state index < -0.39 is 0 Å². The summed E-state index contributed by atoms with van der Waals surface area (Å²) in [5, 5.41) is 11.1. The van der Waals surface area contributed by atoms with Gasteiger partial charge >= 0.3 is 0 Å². The number of rotatable bonds is 4. The van der Waals surface area contributed by atoms with Gasteiger partial charge in [0.05, 0.1) is 15.9 Å². The average Bonchev–Trinajstić information content (AvgIpc) is 3.25. The Hall–Kier alpha value is -3.03. The molecule has 0 saturated carbocycles. The van der Waals surface area contributed by atoms with E-state index in [1.807, 2.05) is 54.6 Å². The molecule has 5 heteroatoms. The number of phenolic OH excluding ortho intramolecular Hbond substituents is 1. The predicted molar refractivity (Wildman–Crippen MR) is 139 cm³/mol. The molecule has 0 radical (unpaired) electrons. The lowest BCUT2D eigenvalue weighted by molar-refractivity contribution is 0.474. The van der Waals surface area contributed by atoms with Gasteiger partial charge in [0.25, 0.3) is 0 Å². The Bertz CT molecular complexity index is 1410. The van der Waals surface area contributed by atoms with E-state index in [4.69, 9.17) is 4.98 Å². The van der Waals surface area contributed by atoms with Gasteiger partial charge in [0.1, 0.15) is 10.8 Å². The van der Waals surface area contributed by atoms with E-state index in [9.17, 15) is 5.11 Å². The number of hydrogen-bond donors (Lipinski definition) is 1. The number of thiazole rings is 1. The fraction of sp³-hybridized carbons (Fsp3) is 0. The summed E-state index contributed by atoms with van der Waals surface area (Å²) < 4.78 is 2.19. The first-order chi connectivity index (χ1) is 15.2. The standard InChI is InChI=1S/C26H17IN2OS/c27-19-13-14-23(30)18(15-19)16-28-22-11-5-4-9-21(22)26-29-25-20(10-6-12-24(25)31-26)17-7-2-1-3-8-17/h1-16,30H. The van der Waals surface area contributed by atoms with Crippen LogP contribution < -0.4 is 0 Å². The fourth-order valence-corrected chi connectivity index (χ4v) is 4.99. The van der Waals surface area contributed by atoms with Gasteiger partial charge in [-0.1, -0.05) is 54.6 Å². The minimum absolute atomic E-state index is 0.217. The molecule has 0 unspecified atom stereocenters. The van der Waals surface area contributed by atoms with Gasteiger partial charge in [-0.25, -0.2) is 4.98 Å². The Morgan fingerprint density at radius 2 is 1.61 bits per heavy atom. The number of halogens is 1. The van der Waals surface area contributed by atoms with E-state index in [2.05, 4.69) is 57.9 Å². The van der Waals surface area contributed by atoms with Crippen LogP contribution >= 0.6 is 33.9 Å². The molecule has 1 N–H and O–H groups in total. The third kappa shape index (κ3) is 4.11. The Balaban J connectivity index is 1.59. The molecule has 150 valence electrons. The highest BCUT2D eigenvalue weighted by Crippen LogP contribution is 2.39. The Labute approximate surface area is 197 Å². The lowest BCUT2D eigenvalue weighted by atomic mass is 10.0. The molecule has 0 fully saturated rings. The van der Waals surface area contributed by atoms with Crippen molar-refractivity contribution in [1.29, 1.82) is 0 Å². The Morgan fingerprint density at radius 1 is 0.839 bits per heavy atom. The summed E-state index contributed by atoms with van der Waals surface area (Å²) >= 11 is 3.89. The third-order valence-corrected chi connectivity index (χ3v) is 6.70. The molecule has 0 saturated heterocycles. The SMILES string of the molecule is Oc1ccc(I)cc1C=Nc1ccccc1-c1nc2c(-c3ccccc3)cccc2s1. The van der Waals surface area contributed by atoms with Crippen LogP contribution in [0.1, 0.15) is 5.56 Å². The van der Waals surface area contributed by atoms with Crippen LogP contribution in [0, 0.1) is 3.57 Å². The van der Waals surface area contributed by atoms with Crippen LogP contribution in [0.4, 0.5) is 5.69 Å². The largest absolute Gasteiger partial charge is 0.507 e. The van der Waals surface area contributed by atoms with Crippen molar-refractivity contribution in [2.45, 2.75) is 0 Å². The number of aromatic nitrogens is 1. The second-order valence-corrected chi connectivity index (χ2v) is 9.29. The molecule has 0 bridgehead atoms. The molecule has 0 amide bonds. The topological polar surface area (TPSA) is 45.5 Å². The van der Waals surface area contributed by atoms with Gasteiger partial charge in [0.2, 0.25) is 0 Å². The maximum absolute atomic E-state index is 10.1. The summed E-state index contributed by atoms with van der Waals surface area (Å²) in [4.78, 5) is 9.68. The Kier molecular flexibility index (Phi) is 5.53. The van der Waals surface area contributed by atoms with Gasteiger partial charge in [-0.15, -0.1) is 11.3 Å². The molecule has 0 aliphatic heterocycles. The van der Waals surface area contributed by atoms with Crippen LogP contribution in [-0.2, 0) is 0 Å². The molecule has 5 rings (SSSR count). The fourth-order valence-electron chi connectivity index (χ4n) is 3.45. The molecule has 1 heterocycles. The second kappa shape index (κ2) is 8.61. The van der Waals surface area contributed by atoms with Gasteiger partial charge in [-0.2, -0.15) is 0 Å². The molecular formula is C26H17IN2OS. The van der Waals surface area contributed by atoms with Crippen molar-refractivity contribution in [1.82, 2.24) is 4.98 Å². The number of hydrogen-bond acceptors (Lipinski definition) is 4. The minimum Gasteiger partial charge on any atom is -0.507 e. The zero-order chi connectivity index (χ0) is 21.2. The first-order valence-electron chi connectivity index (χ1n) is 9.76. The van der Waals surface area contributed by atoms with Crippen LogP contribution in [0.3, 0.4) is 0 Å². The van der Waals surface area contributed by atoms with Crippen molar-refractivity contribution in [3.63, 3.8) is 0 Å². The zero-order valence-electron chi connectivity index (χ0n) is 16.4. The highest BCUT2D eigenvalue weighted by atomic mass is 127. The summed E-state index contributed by atoms with van der Waals surface area (Å²) in [6.07, 6.45) is 1.71. The van der Waals surface area contributed by atoms with Gasteiger partial charge in [-0.3, -0.25) is 4.99 Å². The van der Waals surface area contributed by atoms with Gasteiger partial charge in [0.15, 0.2) is 0 Å². The van der Waals surface area contributed by atoms with E-state index in [0.29, 0.717) is 5.56 Å². The normalized spacial score (nSPS) is 11.4. The number of aliphatic imine (C=N–C) groups is 1. The summed E-state index contributed by atoms with van der Waals surface area (Å²) in [5.41, 5.74) is 5.78. The Morgan fingerprint density at radius 3 is 2.48 bits per heavy atom. The number of aromatic hydroxyl groups is 1.